The lowest BCUT2D eigenvalue weighted by Crippen LogP contribution is -1.97. The predicted octanol–water partition coefficient (Wildman–Crippen LogP) is 1.45. The summed E-state index contributed by atoms with van der Waals surface area (Å²) in [5.41, 5.74) is 0.293. The van der Waals surface area contributed by atoms with Gasteiger partial charge in [0.25, 0.3) is 10.8 Å². The molecule has 0 aliphatic rings. The number of nitriles is 1. The third kappa shape index (κ3) is 3.24. The van der Waals surface area contributed by atoms with Gasteiger partial charge in [-0.3, -0.25) is 10.1 Å². The molecule has 9 heteroatoms. The summed E-state index contributed by atoms with van der Waals surface area (Å²) in [4.78, 5) is 13.8. The predicted molar refractivity (Wildman–Crippen MR) is 70.2 cm³/mol. The number of nitrogens with zero attached hydrogens (tertiary/aromatic N) is 3. The van der Waals surface area contributed by atoms with Crippen LogP contribution in [0.4, 0.5) is 5.69 Å². The van der Waals surface area contributed by atoms with Gasteiger partial charge in [0.1, 0.15) is 6.07 Å². The molecule has 0 aliphatic heterocycles. The molecule has 0 aliphatic carbocycles. The Bertz CT molecular complexity index is 831. The van der Waals surface area contributed by atoms with Crippen molar-refractivity contribution in [2.45, 2.75) is 11.5 Å². The minimum Gasteiger partial charge on any atom is -0.427 e. The average molecular weight is 307 g/mol. The van der Waals surface area contributed by atoms with Crippen LogP contribution in [0.5, 0.6) is 0 Å². The van der Waals surface area contributed by atoms with Gasteiger partial charge in [0, 0.05) is 24.8 Å². The number of oxazole rings is 1. The van der Waals surface area contributed by atoms with E-state index in [2.05, 4.69) is 4.98 Å². The normalized spacial score (nSPS) is 11.0. The van der Waals surface area contributed by atoms with Crippen molar-refractivity contribution < 1.29 is 17.8 Å². The van der Waals surface area contributed by atoms with Crippen molar-refractivity contribution in [3.63, 3.8) is 0 Å². The molecule has 0 saturated heterocycles. The van der Waals surface area contributed by atoms with Crippen LogP contribution in [-0.4, -0.2) is 24.6 Å². The van der Waals surface area contributed by atoms with E-state index in [1.54, 1.807) is 6.07 Å². The topological polar surface area (TPSA) is 127 Å². The van der Waals surface area contributed by atoms with Gasteiger partial charge < -0.3 is 4.42 Å². The van der Waals surface area contributed by atoms with E-state index in [1.165, 1.54) is 24.3 Å². The number of hydrogen-bond acceptors (Lipinski definition) is 7. The molecule has 0 atom stereocenters. The number of non-ortho nitro benzene ring substituents is 1. The van der Waals surface area contributed by atoms with Gasteiger partial charge in [-0.15, -0.1) is 0 Å². The largest absolute Gasteiger partial charge is 0.427 e. The molecule has 2 aromatic rings. The fraction of sp³-hybridized carbons (Fsp3) is 0.167. The summed E-state index contributed by atoms with van der Waals surface area (Å²) in [7, 11) is -3.68. The van der Waals surface area contributed by atoms with E-state index < -0.39 is 19.9 Å². The fourth-order valence-electron chi connectivity index (χ4n) is 1.66. The lowest BCUT2D eigenvalue weighted by molar-refractivity contribution is -0.384. The number of nitro benzene ring substituents is 1. The van der Waals surface area contributed by atoms with Gasteiger partial charge in [-0.2, -0.15) is 5.26 Å². The maximum Gasteiger partial charge on any atom is 0.269 e. The minimum atomic E-state index is -3.68. The molecule has 0 fully saturated rings. The van der Waals surface area contributed by atoms with Gasteiger partial charge in [0.15, 0.2) is 5.69 Å². The van der Waals surface area contributed by atoms with Crippen LogP contribution >= 0.6 is 0 Å². The Morgan fingerprint density at radius 1 is 1.38 bits per heavy atom. The van der Waals surface area contributed by atoms with Crippen molar-refractivity contribution in [3.05, 3.63) is 51.5 Å². The molecule has 0 unspecified atom stereocenters. The van der Waals surface area contributed by atoms with Crippen LogP contribution in [0.25, 0.3) is 0 Å². The Morgan fingerprint density at radius 3 is 2.43 bits per heavy atom. The Morgan fingerprint density at radius 2 is 2.00 bits per heavy atom. The Kier molecular flexibility index (Phi) is 3.73. The van der Waals surface area contributed by atoms with E-state index in [4.69, 9.17) is 9.68 Å². The summed E-state index contributed by atoms with van der Waals surface area (Å²) in [5, 5.41) is 18.9. The van der Waals surface area contributed by atoms with E-state index in [9.17, 15) is 18.5 Å². The standard InChI is InChI=1S/C12H9N3O5S/c1-21(18,19)12-10(7-13)14-11(20-12)6-8-2-4-9(5-3-8)15(16)17/h2-5H,6H2,1H3. The summed E-state index contributed by atoms with van der Waals surface area (Å²) in [5.74, 6) is 0.0563. The molecule has 21 heavy (non-hydrogen) atoms. The van der Waals surface area contributed by atoms with Gasteiger partial charge in [0.2, 0.25) is 15.7 Å². The molecule has 2 rings (SSSR count). The van der Waals surface area contributed by atoms with Crippen LogP contribution in [0, 0.1) is 21.4 Å². The molecule has 108 valence electrons. The Hall–Kier alpha value is -2.73. The van der Waals surface area contributed by atoms with Crippen LogP contribution < -0.4 is 0 Å². The number of nitro groups is 1. The van der Waals surface area contributed by atoms with Crippen LogP contribution in [0.15, 0.2) is 33.8 Å². The molecule has 0 radical (unpaired) electrons. The Balaban J connectivity index is 2.30. The maximum atomic E-state index is 11.4. The first-order valence-corrected chi connectivity index (χ1v) is 7.53. The number of hydrogen-bond donors (Lipinski definition) is 0. The number of rotatable bonds is 4. The minimum absolute atomic E-state index is 0.0549. The van der Waals surface area contributed by atoms with Gasteiger partial charge in [-0.25, -0.2) is 13.4 Å². The number of aromatic nitrogens is 1. The van der Waals surface area contributed by atoms with Gasteiger partial charge in [-0.05, 0) is 5.56 Å². The third-order valence-corrected chi connectivity index (χ3v) is 3.54. The molecule has 1 aromatic carbocycles. The highest BCUT2D eigenvalue weighted by atomic mass is 32.2. The zero-order chi connectivity index (χ0) is 15.6. The summed E-state index contributed by atoms with van der Waals surface area (Å²) in [6.07, 6.45) is 1.05. The average Bonchev–Trinajstić information content (AvgIpc) is 2.82. The maximum absolute atomic E-state index is 11.4. The monoisotopic (exact) mass is 307 g/mol. The molecule has 1 heterocycles. The summed E-state index contributed by atoms with van der Waals surface area (Å²) >= 11 is 0. The summed E-state index contributed by atoms with van der Waals surface area (Å²) in [6.45, 7) is 0. The summed E-state index contributed by atoms with van der Waals surface area (Å²) in [6, 6.07) is 7.32. The van der Waals surface area contributed by atoms with Crippen LogP contribution in [0.1, 0.15) is 17.1 Å². The van der Waals surface area contributed by atoms with Crippen molar-refractivity contribution in [3.8, 4) is 6.07 Å². The van der Waals surface area contributed by atoms with E-state index in [0.29, 0.717) is 5.56 Å². The highest BCUT2D eigenvalue weighted by Gasteiger charge is 2.22. The molecule has 0 spiro atoms. The smallest absolute Gasteiger partial charge is 0.269 e. The summed E-state index contributed by atoms with van der Waals surface area (Å²) < 4.78 is 28.0. The molecule has 8 nitrogen and oxygen atoms in total. The zero-order valence-electron chi connectivity index (χ0n) is 10.8. The molecule has 0 saturated carbocycles. The third-order valence-electron chi connectivity index (χ3n) is 2.59. The van der Waals surface area contributed by atoms with Crippen molar-refractivity contribution >= 4 is 15.5 Å². The van der Waals surface area contributed by atoms with E-state index in [1.807, 2.05) is 0 Å². The van der Waals surface area contributed by atoms with Gasteiger partial charge in [0.05, 0.1) is 4.92 Å². The quantitative estimate of drug-likeness (QED) is 0.617. The zero-order valence-corrected chi connectivity index (χ0v) is 11.6. The number of sulfone groups is 1. The van der Waals surface area contributed by atoms with Crippen LogP contribution in [0.3, 0.4) is 0 Å². The first kappa shape index (κ1) is 14.7. The SMILES string of the molecule is CS(=O)(=O)c1oc(Cc2ccc([N+](=O)[O-])cc2)nc1C#N. The molecule has 0 N–H and O–H groups in total. The van der Waals surface area contributed by atoms with Crippen molar-refractivity contribution in [2.75, 3.05) is 6.26 Å². The molecular formula is C12H9N3O5S. The lowest BCUT2D eigenvalue weighted by Gasteiger charge is -1.97. The van der Waals surface area contributed by atoms with Crippen LogP contribution in [0.2, 0.25) is 0 Å². The van der Waals surface area contributed by atoms with E-state index >= 15 is 0 Å². The molecule has 1 aromatic heterocycles. The molecular weight excluding hydrogens is 298 g/mol. The molecule has 0 amide bonds. The van der Waals surface area contributed by atoms with Crippen molar-refractivity contribution in [1.82, 2.24) is 4.98 Å². The lowest BCUT2D eigenvalue weighted by atomic mass is 10.1. The van der Waals surface area contributed by atoms with E-state index in [0.717, 1.165) is 6.26 Å². The molecule has 0 bridgehead atoms. The van der Waals surface area contributed by atoms with Crippen molar-refractivity contribution in [2.24, 2.45) is 0 Å². The van der Waals surface area contributed by atoms with Gasteiger partial charge >= 0.3 is 0 Å². The fourth-order valence-corrected chi connectivity index (χ4v) is 2.35. The second-order valence-corrected chi connectivity index (χ2v) is 6.14. The highest BCUT2D eigenvalue weighted by molar-refractivity contribution is 7.90. The van der Waals surface area contributed by atoms with Crippen molar-refractivity contribution in [1.29, 1.82) is 5.26 Å². The number of benzene rings is 1. The first-order chi connectivity index (χ1) is 9.81. The first-order valence-electron chi connectivity index (χ1n) is 5.64. The Labute approximate surface area is 119 Å². The van der Waals surface area contributed by atoms with E-state index in [-0.39, 0.29) is 23.7 Å². The van der Waals surface area contributed by atoms with Gasteiger partial charge in [-0.1, -0.05) is 12.1 Å². The second kappa shape index (κ2) is 5.34. The van der Waals surface area contributed by atoms with Crippen LogP contribution in [-0.2, 0) is 16.3 Å². The second-order valence-electron chi connectivity index (χ2n) is 4.23. The highest BCUT2D eigenvalue weighted by Crippen LogP contribution is 2.20.